The van der Waals surface area contributed by atoms with Gasteiger partial charge in [-0.25, -0.2) is 14.4 Å². The van der Waals surface area contributed by atoms with Crippen molar-refractivity contribution in [2.24, 2.45) is 0 Å². The van der Waals surface area contributed by atoms with E-state index >= 15 is 0 Å². The highest BCUT2D eigenvalue weighted by molar-refractivity contribution is 5.59. The van der Waals surface area contributed by atoms with Crippen molar-refractivity contribution in [3.8, 4) is 0 Å². The van der Waals surface area contributed by atoms with Crippen molar-refractivity contribution >= 4 is 17.3 Å². The van der Waals surface area contributed by atoms with Gasteiger partial charge in [-0.15, -0.1) is 0 Å². The maximum atomic E-state index is 13.2. The highest BCUT2D eigenvalue weighted by Gasteiger charge is 2.34. The summed E-state index contributed by atoms with van der Waals surface area (Å²) in [6.07, 6.45) is -4.24. The number of nitrogens with two attached hydrogens (primary N) is 1. The molecule has 2 aromatic rings. The first-order valence-corrected chi connectivity index (χ1v) is 6.07. The lowest BCUT2D eigenvalue weighted by Crippen LogP contribution is -2.09. The molecule has 112 valence electrons. The van der Waals surface area contributed by atoms with Gasteiger partial charge in [-0.2, -0.15) is 13.2 Å². The Morgan fingerprint density at radius 3 is 2.52 bits per heavy atom. The van der Waals surface area contributed by atoms with E-state index in [1.54, 1.807) is 0 Å². The minimum absolute atomic E-state index is 0.0591. The number of nitrogens with zero attached hydrogens (tertiary/aromatic N) is 2. The van der Waals surface area contributed by atoms with Crippen LogP contribution in [0.2, 0.25) is 0 Å². The Balaban J connectivity index is 2.34. The highest BCUT2D eigenvalue weighted by Crippen LogP contribution is 2.33. The van der Waals surface area contributed by atoms with Crippen LogP contribution in [0.25, 0.3) is 0 Å². The molecule has 0 aliphatic heterocycles. The first-order valence-electron chi connectivity index (χ1n) is 6.07. The summed E-state index contributed by atoms with van der Waals surface area (Å²) in [6.45, 7) is 1.82. The Kier molecular flexibility index (Phi) is 3.97. The maximum Gasteiger partial charge on any atom is 0.419 e. The summed E-state index contributed by atoms with van der Waals surface area (Å²) in [5.74, 6) is -0.429. The number of rotatable bonds is 3. The van der Waals surface area contributed by atoms with Crippen LogP contribution in [0.4, 0.5) is 34.9 Å². The zero-order valence-electron chi connectivity index (χ0n) is 11.0. The molecule has 3 N–H and O–H groups in total. The molecule has 0 saturated carbocycles. The molecule has 0 radical (unpaired) electrons. The van der Waals surface area contributed by atoms with E-state index in [1.165, 1.54) is 12.1 Å². The van der Waals surface area contributed by atoms with Crippen LogP contribution in [0.3, 0.4) is 0 Å². The number of alkyl halides is 3. The smallest absolute Gasteiger partial charge is 0.384 e. The van der Waals surface area contributed by atoms with E-state index < -0.39 is 17.6 Å². The molecular formula is C13H12F4N4. The number of aromatic nitrogens is 2. The average Bonchev–Trinajstić information content (AvgIpc) is 2.39. The van der Waals surface area contributed by atoms with E-state index in [4.69, 9.17) is 5.73 Å². The third kappa shape index (κ3) is 3.59. The molecule has 1 aromatic heterocycles. The molecule has 0 aliphatic rings. The van der Waals surface area contributed by atoms with Gasteiger partial charge in [0.05, 0.1) is 5.56 Å². The standard InChI is InChI=1S/C13H12F4N4/c1-2-11-20-10(18)6-12(21-11)19-7-3-4-9(14)8(5-7)13(15,16)17/h3-6H,2H2,1H3,(H3,18,19,20,21). The molecule has 0 bridgehead atoms. The van der Waals surface area contributed by atoms with Gasteiger partial charge in [0.1, 0.15) is 23.3 Å². The monoisotopic (exact) mass is 300 g/mol. The van der Waals surface area contributed by atoms with Crippen molar-refractivity contribution in [1.82, 2.24) is 9.97 Å². The van der Waals surface area contributed by atoms with Gasteiger partial charge in [0, 0.05) is 18.2 Å². The molecule has 0 amide bonds. The summed E-state index contributed by atoms with van der Waals surface area (Å²) in [4.78, 5) is 8.04. The van der Waals surface area contributed by atoms with Crippen LogP contribution >= 0.6 is 0 Å². The Morgan fingerprint density at radius 2 is 1.90 bits per heavy atom. The number of aryl methyl sites for hydroxylation is 1. The third-order valence-corrected chi connectivity index (χ3v) is 2.65. The molecule has 0 saturated heterocycles. The summed E-state index contributed by atoms with van der Waals surface area (Å²) in [5, 5.41) is 2.66. The van der Waals surface area contributed by atoms with Crippen LogP contribution < -0.4 is 11.1 Å². The fourth-order valence-corrected chi connectivity index (χ4v) is 1.71. The number of nitrogens with one attached hydrogen (secondary N) is 1. The van der Waals surface area contributed by atoms with Gasteiger partial charge in [0.2, 0.25) is 0 Å². The molecule has 0 fully saturated rings. The SMILES string of the molecule is CCc1nc(N)cc(Nc2ccc(F)c(C(F)(F)F)c2)n1. The first-order chi connectivity index (χ1) is 9.79. The zero-order valence-corrected chi connectivity index (χ0v) is 11.0. The van der Waals surface area contributed by atoms with Gasteiger partial charge in [-0.1, -0.05) is 6.92 Å². The van der Waals surface area contributed by atoms with Gasteiger partial charge in [0.25, 0.3) is 0 Å². The Morgan fingerprint density at radius 1 is 1.19 bits per heavy atom. The van der Waals surface area contributed by atoms with Crippen LogP contribution in [0.5, 0.6) is 0 Å². The van der Waals surface area contributed by atoms with E-state index in [1.807, 2.05) is 6.92 Å². The Labute approximate surface area is 118 Å². The largest absolute Gasteiger partial charge is 0.419 e. The van der Waals surface area contributed by atoms with Gasteiger partial charge in [-0.3, -0.25) is 0 Å². The molecule has 1 aromatic carbocycles. The lowest BCUT2D eigenvalue weighted by molar-refractivity contribution is -0.139. The second kappa shape index (κ2) is 5.55. The first kappa shape index (κ1) is 15.0. The van der Waals surface area contributed by atoms with Crippen molar-refractivity contribution in [2.75, 3.05) is 11.1 Å². The topological polar surface area (TPSA) is 63.8 Å². The van der Waals surface area contributed by atoms with Gasteiger partial charge in [-0.05, 0) is 18.2 Å². The predicted molar refractivity (Wildman–Crippen MR) is 70.5 cm³/mol. The number of halogens is 4. The summed E-state index contributed by atoms with van der Waals surface area (Å²) in [6, 6.07) is 4.00. The van der Waals surface area contributed by atoms with Crippen LogP contribution in [-0.4, -0.2) is 9.97 Å². The molecule has 0 unspecified atom stereocenters. The molecule has 0 spiro atoms. The van der Waals surface area contributed by atoms with Gasteiger partial charge in [0.15, 0.2) is 0 Å². The quantitative estimate of drug-likeness (QED) is 0.851. The molecule has 21 heavy (non-hydrogen) atoms. The summed E-state index contributed by atoms with van der Waals surface area (Å²) < 4.78 is 51.1. The Bertz CT molecular complexity index is 655. The molecule has 0 aliphatic carbocycles. The molecular weight excluding hydrogens is 288 g/mol. The van der Waals surface area contributed by atoms with Crippen LogP contribution in [-0.2, 0) is 12.6 Å². The third-order valence-electron chi connectivity index (χ3n) is 2.65. The second-order valence-corrected chi connectivity index (χ2v) is 4.27. The maximum absolute atomic E-state index is 13.2. The number of nitrogen functional groups attached to an aromatic ring is 1. The predicted octanol–water partition coefficient (Wildman–Crippen LogP) is 3.52. The molecule has 4 nitrogen and oxygen atoms in total. The van der Waals surface area contributed by atoms with Crippen molar-refractivity contribution in [1.29, 1.82) is 0 Å². The minimum atomic E-state index is -4.76. The summed E-state index contributed by atoms with van der Waals surface area (Å²) >= 11 is 0. The van der Waals surface area contributed by atoms with Crippen LogP contribution in [0, 0.1) is 5.82 Å². The lowest BCUT2D eigenvalue weighted by Gasteiger charge is -2.12. The molecule has 8 heteroatoms. The lowest BCUT2D eigenvalue weighted by atomic mass is 10.2. The van der Waals surface area contributed by atoms with Crippen molar-refractivity contribution in [3.05, 3.63) is 41.5 Å². The van der Waals surface area contributed by atoms with Gasteiger partial charge >= 0.3 is 6.18 Å². The molecule has 1 heterocycles. The fourth-order valence-electron chi connectivity index (χ4n) is 1.71. The van der Waals surface area contributed by atoms with E-state index in [0.29, 0.717) is 18.3 Å². The van der Waals surface area contributed by atoms with Gasteiger partial charge < -0.3 is 11.1 Å². The van der Waals surface area contributed by atoms with E-state index in [9.17, 15) is 17.6 Å². The van der Waals surface area contributed by atoms with Crippen molar-refractivity contribution in [2.45, 2.75) is 19.5 Å². The number of benzene rings is 1. The summed E-state index contributed by atoms with van der Waals surface area (Å²) in [5.41, 5.74) is 4.30. The van der Waals surface area contributed by atoms with Crippen LogP contribution in [0.15, 0.2) is 24.3 Å². The Hall–Kier alpha value is -2.38. The highest BCUT2D eigenvalue weighted by atomic mass is 19.4. The van der Waals surface area contributed by atoms with E-state index in [2.05, 4.69) is 15.3 Å². The second-order valence-electron chi connectivity index (χ2n) is 4.27. The fraction of sp³-hybridized carbons (Fsp3) is 0.231. The summed E-state index contributed by atoms with van der Waals surface area (Å²) in [7, 11) is 0. The van der Waals surface area contributed by atoms with Crippen LogP contribution in [0.1, 0.15) is 18.3 Å². The molecule has 2 rings (SSSR count). The van der Waals surface area contributed by atoms with E-state index in [-0.39, 0.29) is 17.3 Å². The number of hydrogen-bond acceptors (Lipinski definition) is 4. The van der Waals surface area contributed by atoms with Crippen molar-refractivity contribution < 1.29 is 17.6 Å². The zero-order chi connectivity index (χ0) is 15.6. The minimum Gasteiger partial charge on any atom is -0.384 e. The van der Waals surface area contributed by atoms with E-state index in [0.717, 1.165) is 6.07 Å². The number of anilines is 3. The van der Waals surface area contributed by atoms with Crippen molar-refractivity contribution in [3.63, 3.8) is 0 Å². The normalized spacial score (nSPS) is 11.5. The average molecular weight is 300 g/mol. The molecule has 0 atom stereocenters. The number of hydrogen-bond donors (Lipinski definition) is 2.